The van der Waals surface area contributed by atoms with E-state index >= 15 is 0 Å². The van der Waals surface area contributed by atoms with Crippen molar-refractivity contribution in [3.05, 3.63) is 64.9 Å². The van der Waals surface area contributed by atoms with Crippen LogP contribution >= 0.6 is 0 Å². The molecular weight excluding hydrogens is 326 g/mol. The van der Waals surface area contributed by atoms with Crippen LogP contribution in [0.15, 0.2) is 30.3 Å². The van der Waals surface area contributed by atoms with Crippen molar-refractivity contribution in [1.29, 1.82) is 0 Å². The van der Waals surface area contributed by atoms with Gasteiger partial charge >= 0.3 is 5.97 Å². The molecular formula is C17H9F4NO2. The van der Waals surface area contributed by atoms with Crippen molar-refractivity contribution in [2.24, 2.45) is 0 Å². The number of carbonyl (C=O) groups is 1. The van der Waals surface area contributed by atoms with Crippen molar-refractivity contribution in [3.63, 3.8) is 0 Å². The van der Waals surface area contributed by atoms with Crippen LogP contribution in [0, 0.1) is 30.2 Å². The van der Waals surface area contributed by atoms with Gasteiger partial charge < -0.3 is 5.11 Å². The van der Waals surface area contributed by atoms with Gasteiger partial charge in [0.2, 0.25) is 0 Å². The number of hydrogen-bond donors (Lipinski definition) is 1. The van der Waals surface area contributed by atoms with Gasteiger partial charge in [-0.05, 0) is 19.1 Å². The minimum atomic E-state index is -1.29. The number of aromatic carboxylic acids is 1. The molecule has 0 saturated heterocycles. The summed E-state index contributed by atoms with van der Waals surface area (Å²) >= 11 is 0. The highest BCUT2D eigenvalue weighted by Gasteiger charge is 2.21. The van der Waals surface area contributed by atoms with E-state index in [0.717, 1.165) is 6.07 Å². The number of hydrogen-bond acceptors (Lipinski definition) is 2. The minimum absolute atomic E-state index is 0.0365. The zero-order valence-electron chi connectivity index (χ0n) is 12.2. The Bertz CT molecular complexity index is 979. The lowest BCUT2D eigenvalue weighted by Gasteiger charge is -2.12. The van der Waals surface area contributed by atoms with Crippen LogP contribution in [0.4, 0.5) is 17.6 Å². The average Bonchev–Trinajstić information content (AvgIpc) is 2.50. The first-order valence-electron chi connectivity index (χ1n) is 6.77. The molecule has 0 atom stereocenters. The molecule has 1 aromatic heterocycles. The molecule has 3 aromatic rings. The largest absolute Gasteiger partial charge is 0.478 e. The van der Waals surface area contributed by atoms with Crippen LogP contribution in [-0.4, -0.2) is 16.1 Å². The maximum Gasteiger partial charge on any atom is 0.335 e. The van der Waals surface area contributed by atoms with Crippen molar-refractivity contribution < 1.29 is 27.5 Å². The fraction of sp³-hybridized carbons (Fsp3) is 0.0588. The molecule has 0 aliphatic heterocycles. The molecule has 122 valence electrons. The lowest BCUT2D eigenvalue weighted by molar-refractivity contribution is 0.0697. The molecule has 0 bridgehead atoms. The van der Waals surface area contributed by atoms with Crippen LogP contribution in [0.5, 0.6) is 0 Å². The van der Waals surface area contributed by atoms with Gasteiger partial charge in [-0.2, -0.15) is 0 Å². The zero-order valence-corrected chi connectivity index (χ0v) is 12.2. The SMILES string of the molecule is Cc1nc(-c2c(F)cc(F)cc2F)c2cc(C(=O)O)ccc2c1F. The molecule has 1 heterocycles. The Balaban J connectivity index is 2.46. The first kappa shape index (κ1) is 15.9. The summed E-state index contributed by atoms with van der Waals surface area (Å²) in [5, 5.41) is 8.95. The Hall–Kier alpha value is -2.96. The summed E-state index contributed by atoms with van der Waals surface area (Å²) in [6.45, 7) is 1.31. The topological polar surface area (TPSA) is 50.2 Å². The summed E-state index contributed by atoms with van der Waals surface area (Å²) in [6, 6.07) is 4.40. The van der Waals surface area contributed by atoms with Crippen LogP contribution in [-0.2, 0) is 0 Å². The third-order valence-corrected chi connectivity index (χ3v) is 3.60. The highest BCUT2D eigenvalue weighted by molar-refractivity contribution is 6.00. The number of nitrogens with zero attached hydrogens (tertiary/aromatic N) is 1. The van der Waals surface area contributed by atoms with E-state index in [1.165, 1.54) is 19.1 Å². The molecule has 1 N–H and O–H groups in total. The molecule has 0 spiro atoms. The summed E-state index contributed by atoms with van der Waals surface area (Å²) in [6.07, 6.45) is 0. The molecule has 0 unspecified atom stereocenters. The number of fused-ring (bicyclic) bond motifs is 1. The van der Waals surface area contributed by atoms with Gasteiger partial charge in [-0.1, -0.05) is 6.07 Å². The van der Waals surface area contributed by atoms with E-state index in [-0.39, 0.29) is 27.7 Å². The van der Waals surface area contributed by atoms with Gasteiger partial charge in [0.05, 0.1) is 22.5 Å². The number of carboxylic acid groups (broad SMARTS) is 1. The Morgan fingerprint density at radius 3 is 2.21 bits per heavy atom. The van der Waals surface area contributed by atoms with E-state index in [4.69, 9.17) is 5.11 Å². The van der Waals surface area contributed by atoms with Gasteiger partial charge in [-0.25, -0.2) is 27.3 Å². The van der Waals surface area contributed by atoms with Crippen molar-refractivity contribution >= 4 is 16.7 Å². The molecule has 24 heavy (non-hydrogen) atoms. The summed E-state index contributed by atoms with van der Waals surface area (Å²) in [4.78, 5) is 15.0. The van der Waals surface area contributed by atoms with E-state index in [0.29, 0.717) is 12.1 Å². The Kier molecular flexibility index (Phi) is 3.71. The van der Waals surface area contributed by atoms with Crippen molar-refractivity contribution in [2.45, 2.75) is 6.92 Å². The van der Waals surface area contributed by atoms with E-state index in [1.807, 2.05) is 0 Å². The Labute approximate surface area is 133 Å². The van der Waals surface area contributed by atoms with Crippen molar-refractivity contribution in [1.82, 2.24) is 4.98 Å². The quantitative estimate of drug-likeness (QED) is 0.703. The average molecular weight is 335 g/mol. The van der Waals surface area contributed by atoms with Crippen LogP contribution in [0.25, 0.3) is 22.0 Å². The number of pyridine rings is 1. The van der Waals surface area contributed by atoms with E-state index in [9.17, 15) is 22.4 Å². The van der Waals surface area contributed by atoms with Crippen LogP contribution < -0.4 is 0 Å². The van der Waals surface area contributed by atoms with Crippen LogP contribution in [0.2, 0.25) is 0 Å². The molecule has 0 saturated carbocycles. The molecule has 0 aliphatic carbocycles. The molecule has 3 rings (SSSR count). The molecule has 0 amide bonds. The molecule has 0 radical (unpaired) electrons. The molecule has 2 aromatic carbocycles. The second-order valence-electron chi connectivity index (χ2n) is 5.17. The highest BCUT2D eigenvalue weighted by Crippen LogP contribution is 2.34. The maximum absolute atomic E-state index is 14.2. The molecule has 7 heteroatoms. The monoisotopic (exact) mass is 335 g/mol. The number of halogens is 4. The number of aryl methyl sites for hydroxylation is 1. The van der Waals surface area contributed by atoms with Crippen LogP contribution in [0.3, 0.4) is 0 Å². The van der Waals surface area contributed by atoms with Crippen LogP contribution in [0.1, 0.15) is 16.1 Å². The standard InChI is InChI=1S/C17H9F4NO2/c1-7-15(21)10-3-2-8(17(23)24)4-11(10)16(22-7)14-12(19)5-9(18)6-13(14)20/h2-6H,1H3,(H,23,24). The van der Waals surface area contributed by atoms with Gasteiger partial charge in [0.1, 0.15) is 17.5 Å². The summed E-state index contributed by atoms with van der Waals surface area (Å²) in [7, 11) is 0. The summed E-state index contributed by atoms with van der Waals surface area (Å²) in [5.74, 6) is -5.55. The molecule has 0 aliphatic rings. The Morgan fingerprint density at radius 1 is 1.00 bits per heavy atom. The fourth-order valence-electron chi connectivity index (χ4n) is 2.50. The first-order valence-corrected chi connectivity index (χ1v) is 6.77. The Morgan fingerprint density at radius 2 is 1.62 bits per heavy atom. The zero-order chi connectivity index (χ0) is 17.6. The first-order chi connectivity index (χ1) is 11.3. The predicted octanol–water partition coefficient (Wildman–Crippen LogP) is 4.46. The van der Waals surface area contributed by atoms with Crippen molar-refractivity contribution in [3.8, 4) is 11.3 Å². The third-order valence-electron chi connectivity index (χ3n) is 3.60. The number of rotatable bonds is 2. The van der Waals surface area contributed by atoms with Gasteiger partial charge in [-0.3, -0.25) is 0 Å². The normalized spacial score (nSPS) is 11.0. The predicted molar refractivity (Wildman–Crippen MR) is 78.7 cm³/mol. The van der Waals surface area contributed by atoms with Crippen molar-refractivity contribution in [2.75, 3.05) is 0 Å². The fourth-order valence-corrected chi connectivity index (χ4v) is 2.50. The van der Waals surface area contributed by atoms with E-state index in [2.05, 4.69) is 4.98 Å². The van der Waals surface area contributed by atoms with Gasteiger partial charge in [0.25, 0.3) is 0 Å². The van der Waals surface area contributed by atoms with E-state index in [1.54, 1.807) is 0 Å². The number of benzene rings is 2. The lowest BCUT2D eigenvalue weighted by Crippen LogP contribution is -2.02. The summed E-state index contributed by atoms with van der Waals surface area (Å²) < 4.78 is 55.5. The number of carboxylic acids is 1. The smallest absolute Gasteiger partial charge is 0.335 e. The van der Waals surface area contributed by atoms with E-state index < -0.39 is 34.8 Å². The second kappa shape index (κ2) is 5.59. The minimum Gasteiger partial charge on any atom is -0.478 e. The highest BCUT2D eigenvalue weighted by atomic mass is 19.1. The maximum atomic E-state index is 14.2. The lowest BCUT2D eigenvalue weighted by atomic mass is 9.99. The molecule has 0 fully saturated rings. The number of aromatic nitrogens is 1. The van der Waals surface area contributed by atoms with Gasteiger partial charge in [0.15, 0.2) is 5.82 Å². The second-order valence-corrected chi connectivity index (χ2v) is 5.17. The third kappa shape index (κ3) is 2.47. The molecule has 3 nitrogen and oxygen atoms in total. The summed E-state index contributed by atoms with van der Waals surface area (Å²) in [5.41, 5.74) is -1.26. The van der Waals surface area contributed by atoms with Gasteiger partial charge in [0, 0.05) is 22.9 Å². The van der Waals surface area contributed by atoms with Gasteiger partial charge in [-0.15, -0.1) is 0 Å².